The van der Waals surface area contributed by atoms with Crippen LogP contribution in [0.5, 0.6) is 0 Å². The third kappa shape index (κ3) is 5.82. The van der Waals surface area contributed by atoms with Gasteiger partial charge in [-0.25, -0.2) is 0 Å². The number of carbonyl (C=O) groups excluding carboxylic acids is 1. The molecule has 0 fully saturated rings. The number of rotatable bonds is 5. The van der Waals surface area contributed by atoms with Crippen molar-refractivity contribution in [2.75, 3.05) is 20.3 Å². The lowest BCUT2D eigenvalue weighted by Crippen LogP contribution is -2.33. The molecule has 0 saturated carbocycles. The third-order valence-electron chi connectivity index (χ3n) is 1.20. The number of ether oxygens (including phenoxy) is 1. The monoisotopic (exact) mass is 161 g/mol. The van der Waals surface area contributed by atoms with Crippen LogP contribution < -0.4 is 5.32 Å². The van der Waals surface area contributed by atoms with Gasteiger partial charge in [0, 0.05) is 20.3 Å². The van der Waals surface area contributed by atoms with E-state index < -0.39 is 6.10 Å². The average molecular weight is 161 g/mol. The highest BCUT2D eigenvalue weighted by Gasteiger charge is 2.05. The fourth-order valence-electron chi connectivity index (χ4n) is 0.576. The molecule has 0 aromatic heterocycles. The number of amides is 1. The molecule has 0 bridgehead atoms. The fraction of sp³-hybridized carbons (Fsp3) is 0.857. The van der Waals surface area contributed by atoms with Gasteiger partial charge in [-0.05, 0) is 13.3 Å². The maximum absolute atomic E-state index is 10.7. The fourth-order valence-corrected chi connectivity index (χ4v) is 0.576. The number of methoxy groups -OCH3 is 1. The highest BCUT2D eigenvalue weighted by atomic mass is 16.5. The average Bonchev–Trinajstić information content (AvgIpc) is 1.97. The Morgan fingerprint density at radius 1 is 1.73 bits per heavy atom. The Morgan fingerprint density at radius 3 is 2.82 bits per heavy atom. The van der Waals surface area contributed by atoms with Crippen molar-refractivity contribution >= 4 is 5.91 Å². The van der Waals surface area contributed by atoms with E-state index in [4.69, 9.17) is 9.84 Å². The van der Waals surface area contributed by atoms with E-state index in [9.17, 15) is 4.79 Å². The molecule has 4 heteroatoms. The van der Waals surface area contributed by atoms with Gasteiger partial charge in [-0.1, -0.05) is 0 Å². The molecule has 2 N–H and O–H groups in total. The van der Waals surface area contributed by atoms with Gasteiger partial charge in [0.1, 0.15) is 6.10 Å². The zero-order chi connectivity index (χ0) is 8.69. The molecular weight excluding hydrogens is 146 g/mol. The Morgan fingerprint density at radius 2 is 2.36 bits per heavy atom. The van der Waals surface area contributed by atoms with E-state index >= 15 is 0 Å². The number of nitrogens with one attached hydrogen (secondary N) is 1. The highest BCUT2D eigenvalue weighted by molar-refractivity contribution is 5.79. The molecule has 0 aromatic carbocycles. The first-order chi connectivity index (χ1) is 5.18. The van der Waals surface area contributed by atoms with Crippen molar-refractivity contribution in [2.45, 2.75) is 19.4 Å². The Hall–Kier alpha value is -0.610. The van der Waals surface area contributed by atoms with E-state index in [0.29, 0.717) is 13.2 Å². The van der Waals surface area contributed by atoms with Crippen LogP contribution in [0.1, 0.15) is 13.3 Å². The minimum absolute atomic E-state index is 0.332. The summed E-state index contributed by atoms with van der Waals surface area (Å²) in [6.07, 6.45) is -0.146. The van der Waals surface area contributed by atoms with Crippen LogP contribution >= 0.6 is 0 Å². The van der Waals surface area contributed by atoms with Gasteiger partial charge in [0.05, 0.1) is 0 Å². The predicted octanol–water partition coefficient (Wildman–Crippen LogP) is -0.480. The maximum Gasteiger partial charge on any atom is 0.248 e. The summed E-state index contributed by atoms with van der Waals surface area (Å²) in [6.45, 7) is 2.61. The van der Waals surface area contributed by atoms with Gasteiger partial charge < -0.3 is 15.2 Å². The Balaban J connectivity index is 3.18. The zero-order valence-electron chi connectivity index (χ0n) is 6.96. The van der Waals surface area contributed by atoms with Crippen molar-refractivity contribution in [1.29, 1.82) is 0 Å². The Labute approximate surface area is 66.5 Å². The van der Waals surface area contributed by atoms with Gasteiger partial charge in [-0.3, -0.25) is 4.79 Å². The standard InChI is InChI=1S/C7H15NO3/c1-6(9)7(10)8-4-3-5-11-2/h6,9H,3-5H2,1-2H3,(H,8,10). The van der Waals surface area contributed by atoms with Gasteiger partial charge in [0.2, 0.25) is 5.91 Å². The maximum atomic E-state index is 10.7. The van der Waals surface area contributed by atoms with E-state index in [-0.39, 0.29) is 5.91 Å². The first-order valence-corrected chi connectivity index (χ1v) is 3.63. The first kappa shape index (κ1) is 10.4. The van der Waals surface area contributed by atoms with E-state index in [2.05, 4.69) is 5.32 Å². The number of hydrogen-bond donors (Lipinski definition) is 2. The molecule has 0 heterocycles. The van der Waals surface area contributed by atoms with Crippen LogP contribution in [0.3, 0.4) is 0 Å². The van der Waals surface area contributed by atoms with Crippen molar-refractivity contribution < 1.29 is 14.6 Å². The van der Waals surface area contributed by atoms with Crippen molar-refractivity contribution in [3.63, 3.8) is 0 Å². The molecule has 1 unspecified atom stereocenters. The molecule has 66 valence electrons. The Kier molecular flexibility index (Phi) is 5.78. The van der Waals surface area contributed by atoms with Gasteiger partial charge in [-0.2, -0.15) is 0 Å². The Bertz CT molecular complexity index is 114. The van der Waals surface area contributed by atoms with Crippen LogP contribution in [0.2, 0.25) is 0 Å². The normalized spacial score (nSPS) is 12.6. The SMILES string of the molecule is COCCCNC(=O)C(C)O. The summed E-state index contributed by atoms with van der Waals surface area (Å²) >= 11 is 0. The molecule has 0 saturated heterocycles. The summed E-state index contributed by atoms with van der Waals surface area (Å²) in [4.78, 5) is 10.7. The summed E-state index contributed by atoms with van der Waals surface area (Å²) in [7, 11) is 1.61. The second-order valence-corrected chi connectivity index (χ2v) is 2.31. The molecule has 1 amide bonds. The molecule has 0 aliphatic heterocycles. The topological polar surface area (TPSA) is 58.6 Å². The number of aliphatic hydroxyl groups excluding tert-OH is 1. The lowest BCUT2D eigenvalue weighted by molar-refractivity contribution is -0.128. The van der Waals surface area contributed by atoms with Crippen molar-refractivity contribution in [2.24, 2.45) is 0 Å². The molecule has 11 heavy (non-hydrogen) atoms. The molecule has 0 radical (unpaired) electrons. The molecule has 0 rings (SSSR count). The highest BCUT2D eigenvalue weighted by Crippen LogP contribution is 1.81. The van der Waals surface area contributed by atoms with Crippen LogP contribution in [0.4, 0.5) is 0 Å². The smallest absolute Gasteiger partial charge is 0.248 e. The first-order valence-electron chi connectivity index (χ1n) is 3.63. The second kappa shape index (κ2) is 6.12. The third-order valence-corrected chi connectivity index (χ3v) is 1.20. The summed E-state index contributed by atoms with van der Waals surface area (Å²) in [5, 5.41) is 11.3. The van der Waals surface area contributed by atoms with Crippen LogP contribution in [0, 0.1) is 0 Å². The van der Waals surface area contributed by atoms with E-state index in [1.165, 1.54) is 6.92 Å². The summed E-state index contributed by atoms with van der Waals surface area (Å²) in [5.74, 6) is -0.332. The lowest BCUT2D eigenvalue weighted by Gasteiger charge is -2.05. The zero-order valence-corrected chi connectivity index (χ0v) is 6.96. The van der Waals surface area contributed by atoms with Crippen molar-refractivity contribution in [3.05, 3.63) is 0 Å². The number of hydrogen-bond acceptors (Lipinski definition) is 3. The number of aliphatic hydroxyl groups is 1. The van der Waals surface area contributed by atoms with Gasteiger partial charge in [0.15, 0.2) is 0 Å². The predicted molar refractivity (Wildman–Crippen MR) is 41.2 cm³/mol. The molecule has 0 aliphatic rings. The summed E-state index contributed by atoms with van der Waals surface area (Å²) in [5.41, 5.74) is 0. The molecule has 1 atom stereocenters. The summed E-state index contributed by atoms with van der Waals surface area (Å²) < 4.78 is 4.77. The minimum Gasteiger partial charge on any atom is -0.385 e. The molecule has 0 aromatic rings. The molecule has 0 spiro atoms. The number of carbonyl (C=O) groups is 1. The van der Waals surface area contributed by atoms with Crippen LogP contribution in [-0.2, 0) is 9.53 Å². The minimum atomic E-state index is -0.919. The van der Waals surface area contributed by atoms with Crippen LogP contribution in [-0.4, -0.2) is 37.4 Å². The van der Waals surface area contributed by atoms with Crippen molar-refractivity contribution in [3.8, 4) is 0 Å². The second-order valence-electron chi connectivity index (χ2n) is 2.31. The van der Waals surface area contributed by atoms with Crippen LogP contribution in [0.25, 0.3) is 0 Å². The van der Waals surface area contributed by atoms with E-state index in [0.717, 1.165) is 6.42 Å². The van der Waals surface area contributed by atoms with Gasteiger partial charge in [0.25, 0.3) is 0 Å². The van der Waals surface area contributed by atoms with E-state index in [1.54, 1.807) is 7.11 Å². The largest absolute Gasteiger partial charge is 0.385 e. The molecular formula is C7H15NO3. The summed E-state index contributed by atoms with van der Waals surface area (Å²) in [6, 6.07) is 0. The van der Waals surface area contributed by atoms with Gasteiger partial charge in [-0.15, -0.1) is 0 Å². The quantitative estimate of drug-likeness (QED) is 0.535. The lowest BCUT2D eigenvalue weighted by atomic mass is 10.3. The molecule has 4 nitrogen and oxygen atoms in total. The van der Waals surface area contributed by atoms with Crippen molar-refractivity contribution in [1.82, 2.24) is 5.32 Å². The van der Waals surface area contributed by atoms with E-state index in [1.807, 2.05) is 0 Å². The van der Waals surface area contributed by atoms with Crippen LogP contribution in [0.15, 0.2) is 0 Å². The van der Waals surface area contributed by atoms with Gasteiger partial charge >= 0.3 is 0 Å². The molecule has 0 aliphatic carbocycles.